The Kier molecular flexibility index (Phi) is 3.08. The zero-order valence-corrected chi connectivity index (χ0v) is 11.2. The monoisotopic (exact) mass is 282 g/mol. The molecule has 0 saturated heterocycles. The van der Waals surface area contributed by atoms with Gasteiger partial charge in [0.2, 0.25) is 0 Å². The normalized spacial score (nSPS) is 10.6. The lowest BCUT2D eigenvalue weighted by Crippen LogP contribution is -1.94. The van der Waals surface area contributed by atoms with Crippen LogP contribution in [0, 0.1) is 4.51 Å². The number of benzene rings is 2. The summed E-state index contributed by atoms with van der Waals surface area (Å²) in [4.78, 5) is 10.8. The first-order valence-electron chi connectivity index (χ1n) is 6.02. The Morgan fingerprint density at radius 2 is 1.75 bits per heavy atom. The zero-order valence-electron chi connectivity index (χ0n) is 10.4. The molecular formula is C16H10O3S. The Hall–Kier alpha value is -2.46. The van der Waals surface area contributed by atoms with Gasteiger partial charge >= 0.3 is 5.97 Å². The molecule has 3 aromatic rings. The van der Waals surface area contributed by atoms with E-state index in [1.165, 1.54) is 0 Å². The van der Waals surface area contributed by atoms with Crippen LogP contribution in [0.25, 0.3) is 22.3 Å². The van der Waals surface area contributed by atoms with Gasteiger partial charge in [-0.3, -0.25) is 0 Å². The molecule has 4 heteroatoms. The highest BCUT2D eigenvalue weighted by Crippen LogP contribution is 2.26. The van der Waals surface area contributed by atoms with Gasteiger partial charge in [-0.05, 0) is 24.3 Å². The minimum atomic E-state index is -0.948. The third kappa shape index (κ3) is 2.21. The molecule has 0 atom stereocenters. The number of carboxylic acid groups (broad SMARTS) is 1. The maximum Gasteiger partial charge on any atom is 0.335 e. The van der Waals surface area contributed by atoms with Crippen LogP contribution in [-0.2, 0) is 0 Å². The molecule has 1 aromatic heterocycles. The summed E-state index contributed by atoms with van der Waals surface area (Å²) in [7, 11) is 0. The predicted molar refractivity (Wildman–Crippen MR) is 79.4 cm³/mol. The Balaban J connectivity index is 2.14. The maximum atomic E-state index is 10.8. The molecule has 0 bridgehead atoms. The van der Waals surface area contributed by atoms with Crippen LogP contribution >= 0.6 is 12.2 Å². The number of hydrogen-bond donors (Lipinski definition) is 1. The topological polar surface area (TPSA) is 50.4 Å². The smallest absolute Gasteiger partial charge is 0.335 e. The van der Waals surface area contributed by atoms with Crippen molar-refractivity contribution in [3.63, 3.8) is 0 Å². The van der Waals surface area contributed by atoms with Gasteiger partial charge in [0.05, 0.1) is 10.1 Å². The van der Waals surface area contributed by atoms with Crippen molar-refractivity contribution in [3.8, 4) is 11.3 Å². The van der Waals surface area contributed by atoms with Gasteiger partial charge < -0.3 is 9.52 Å². The minimum Gasteiger partial charge on any atom is -0.478 e. The van der Waals surface area contributed by atoms with Gasteiger partial charge in [-0.1, -0.05) is 36.5 Å². The molecule has 1 N–H and O–H groups in total. The van der Waals surface area contributed by atoms with Crippen LogP contribution in [0.5, 0.6) is 0 Å². The van der Waals surface area contributed by atoms with Crippen LogP contribution in [0.3, 0.4) is 0 Å². The van der Waals surface area contributed by atoms with Crippen LogP contribution in [0.15, 0.2) is 59.0 Å². The lowest BCUT2D eigenvalue weighted by molar-refractivity contribution is 0.0697. The Morgan fingerprint density at radius 1 is 1.05 bits per heavy atom. The van der Waals surface area contributed by atoms with E-state index in [9.17, 15) is 4.79 Å². The molecule has 1 heterocycles. The van der Waals surface area contributed by atoms with E-state index in [2.05, 4.69) is 0 Å². The molecule has 20 heavy (non-hydrogen) atoms. The van der Waals surface area contributed by atoms with Gasteiger partial charge in [-0.2, -0.15) is 0 Å². The van der Waals surface area contributed by atoms with Crippen molar-refractivity contribution in [2.75, 3.05) is 0 Å². The minimum absolute atomic E-state index is 0.244. The Bertz CT molecular complexity index is 847. The van der Waals surface area contributed by atoms with Gasteiger partial charge in [-0.25, -0.2) is 4.79 Å². The SMILES string of the molecule is O=C(O)c1ccc(-c2cc(=S)c3ccccc3o2)cc1. The van der Waals surface area contributed by atoms with E-state index in [4.69, 9.17) is 21.7 Å². The number of fused-ring (bicyclic) bond motifs is 1. The summed E-state index contributed by atoms with van der Waals surface area (Å²) in [5.74, 6) is -0.318. The molecular weight excluding hydrogens is 272 g/mol. The van der Waals surface area contributed by atoms with Crippen LogP contribution in [0.4, 0.5) is 0 Å². The third-order valence-corrected chi connectivity index (χ3v) is 3.39. The highest BCUT2D eigenvalue weighted by Gasteiger charge is 2.06. The summed E-state index contributed by atoms with van der Waals surface area (Å²) in [6.45, 7) is 0. The fourth-order valence-corrected chi connectivity index (χ4v) is 2.30. The summed E-state index contributed by atoms with van der Waals surface area (Å²) in [6, 6.07) is 15.9. The Morgan fingerprint density at radius 3 is 2.45 bits per heavy atom. The first-order chi connectivity index (χ1) is 9.65. The number of rotatable bonds is 2. The molecule has 0 spiro atoms. The first kappa shape index (κ1) is 12.6. The molecule has 0 fully saturated rings. The number of carbonyl (C=O) groups is 1. The van der Waals surface area contributed by atoms with Crippen LogP contribution in [0.1, 0.15) is 10.4 Å². The second-order valence-electron chi connectivity index (χ2n) is 4.35. The fourth-order valence-electron chi connectivity index (χ4n) is 2.02. The predicted octanol–water partition coefficient (Wildman–Crippen LogP) is 4.53. The van der Waals surface area contributed by atoms with Gasteiger partial charge in [0.1, 0.15) is 11.3 Å². The van der Waals surface area contributed by atoms with E-state index in [0.717, 1.165) is 16.5 Å². The van der Waals surface area contributed by atoms with Gasteiger partial charge in [0.15, 0.2) is 0 Å². The standard InChI is InChI=1S/C16H10O3S/c17-16(18)11-7-5-10(6-8-11)14-9-15(20)12-3-1-2-4-13(12)19-14/h1-9H,(H,17,18). The molecule has 0 amide bonds. The number of para-hydroxylation sites is 1. The van der Waals surface area contributed by atoms with Crippen molar-refractivity contribution < 1.29 is 14.3 Å². The van der Waals surface area contributed by atoms with E-state index in [0.29, 0.717) is 10.3 Å². The van der Waals surface area contributed by atoms with E-state index >= 15 is 0 Å². The third-order valence-electron chi connectivity index (χ3n) is 3.05. The summed E-state index contributed by atoms with van der Waals surface area (Å²) in [5, 5.41) is 9.79. The van der Waals surface area contributed by atoms with Crippen LogP contribution in [-0.4, -0.2) is 11.1 Å². The van der Waals surface area contributed by atoms with Gasteiger partial charge in [-0.15, -0.1) is 0 Å². The largest absolute Gasteiger partial charge is 0.478 e. The van der Waals surface area contributed by atoms with Gasteiger partial charge in [0, 0.05) is 17.0 Å². The quantitative estimate of drug-likeness (QED) is 0.702. The van der Waals surface area contributed by atoms with E-state index in [1.807, 2.05) is 24.3 Å². The van der Waals surface area contributed by atoms with Crippen molar-refractivity contribution in [3.05, 3.63) is 64.7 Å². The molecule has 0 aliphatic rings. The zero-order chi connectivity index (χ0) is 14.1. The lowest BCUT2D eigenvalue weighted by Gasteiger charge is -2.04. The van der Waals surface area contributed by atoms with E-state index < -0.39 is 5.97 Å². The van der Waals surface area contributed by atoms with Crippen molar-refractivity contribution in [1.29, 1.82) is 0 Å². The molecule has 0 aliphatic carbocycles. The van der Waals surface area contributed by atoms with Crippen molar-refractivity contribution in [2.45, 2.75) is 0 Å². The Labute approximate surface area is 120 Å². The highest BCUT2D eigenvalue weighted by atomic mass is 32.1. The fraction of sp³-hybridized carbons (Fsp3) is 0. The molecule has 98 valence electrons. The second-order valence-corrected chi connectivity index (χ2v) is 4.79. The van der Waals surface area contributed by atoms with Crippen LogP contribution in [0.2, 0.25) is 0 Å². The molecule has 0 unspecified atom stereocenters. The molecule has 3 nitrogen and oxygen atoms in total. The number of hydrogen-bond acceptors (Lipinski definition) is 3. The van der Waals surface area contributed by atoms with E-state index in [-0.39, 0.29) is 5.56 Å². The van der Waals surface area contributed by atoms with E-state index in [1.54, 1.807) is 30.3 Å². The highest BCUT2D eigenvalue weighted by molar-refractivity contribution is 7.71. The second kappa shape index (κ2) is 4.90. The lowest BCUT2D eigenvalue weighted by atomic mass is 10.1. The molecule has 0 saturated carbocycles. The molecule has 0 aliphatic heterocycles. The van der Waals surface area contributed by atoms with Crippen LogP contribution < -0.4 is 0 Å². The number of aromatic carboxylic acids is 1. The molecule has 3 rings (SSSR count). The summed E-state index contributed by atoms with van der Waals surface area (Å²) >= 11 is 5.35. The summed E-state index contributed by atoms with van der Waals surface area (Å²) < 4.78 is 6.53. The van der Waals surface area contributed by atoms with Crippen molar-refractivity contribution in [2.24, 2.45) is 0 Å². The van der Waals surface area contributed by atoms with Crippen molar-refractivity contribution in [1.82, 2.24) is 0 Å². The average Bonchev–Trinajstić information content (AvgIpc) is 2.47. The summed E-state index contributed by atoms with van der Waals surface area (Å²) in [6.07, 6.45) is 0. The summed E-state index contributed by atoms with van der Waals surface area (Å²) in [5.41, 5.74) is 1.76. The van der Waals surface area contributed by atoms with Gasteiger partial charge in [0.25, 0.3) is 0 Å². The molecule has 0 radical (unpaired) electrons. The van der Waals surface area contributed by atoms with Crippen molar-refractivity contribution >= 4 is 29.2 Å². The first-order valence-corrected chi connectivity index (χ1v) is 6.42. The number of carboxylic acids is 1. The average molecular weight is 282 g/mol. The maximum absolute atomic E-state index is 10.8. The molecule has 2 aromatic carbocycles.